The van der Waals surface area contributed by atoms with Crippen LogP contribution in [0.25, 0.3) is 10.9 Å². The fourth-order valence-corrected chi connectivity index (χ4v) is 4.86. The molecular weight excluding hydrogens is 392 g/mol. The van der Waals surface area contributed by atoms with E-state index in [0.29, 0.717) is 31.5 Å². The summed E-state index contributed by atoms with van der Waals surface area (Å²) in [7, 11) is 0. The van der Waals surface area contributed by atoms with Crippen molar-refractivity contribution >= 4 is 28.5 Å². The molecule has 4 rings (SSSR count). The average molecular weight is 425 g/mol. The smallest absolute Gasteiger partial charge is 0.308 e. The lowest BCUT2D eigenvalue weighted by Gasteiger charge is -2.46. The molecule has 7 nitrogen and oxygen atoms in total. The summed E-state index contributed by atoms with van der Waals surface area (Å²) in [5.41, 5.74) is 2.02. The van der Waals surface area contributed by atoms with Crippen LogP contribution in [0.3, 0.4) is 0 Å². The van der Waals surface area contributed by atoms with Crippen LogP contribution in [0.1, 0.15) is 44.6 Å². The first kappa shape index (κ1) is 21.7. The van der Waals surface area contributed by atoms with E-state index < -0.39 is 0 Å². The number of anilines is 1. The van der Waals surface area contributed by atoms with E-state index in [2.05, 4.69) is 20.2 Å². The summed E-state index contributed by atoms with van der Waals surface area (Å²) in [5.74, 6) is 1.40. The second-order valence-corrected chi connectivity index (χ2v) is 8.92. The van der Waals surface area contributed by atoms with Crippen molar-refractivity contribution in [2.45, 2.75) is 52.0 Å². The quantitative estimate of drug-likeness (QED) is 0.651. The van der Waals surface area contributed by atoms with Crippen molar-refractivity contribution in [3.05, 3.63) is 30.1 Å². The Morgan fingerprint density at radius 3 is 2.68 bits per heavy atom. The number of aromatic nitrogens is 2. The number of aryl methyl sites for hydroxylation is 1. The van der Waals surface area contributed by atoms with Crippen LogP contribution in [0, 0.1) is 18.8 Å². The van der Waals surface area contributed by atoms with Gasteiger partial charge in [0.15, 0.2) is 5.78 Å². The third kappa shape index (κ3) is 5.21. The Balaban J connectivity index is 1.19. The minimum absolute atomic E-state index is 0.0350. The summed E-state index contributed by atoms with van der Waals surface area (Å²) in [6.45, 7) is 6.61. The molecule has 0 spiro atoms. The highest BCUT2D eigenvalue weighted by Crippen LogP contribution is 2.33. The zero-order valence-electron chi connectivity index (χ0n) is 18.5. The first-order valence-electron chi connectivity index (χ1n) is 11.4. The normalized spacial score (nSPS) is 22.1. The number of carbonyl (C=O) groups is 2. The number of Topliss-reactive ketones (excluding diaryl/α,β-unsaturated/α-hetero) is 1. The predicted octanol–water partition coefficient (Wildman–Crippen LogP) is 3.36. The number of nitrogens with one attached hydrogen (secondary N) is 1. The lowest BCUT2D eigenvalue weighted by molar-refractivity contribution is -0.149. The fraction of sp³-hybridized carbons (Fsp3) is 0.583. The molecule has 1 aromatic heterocycles. The van der Waals surface area contributed by atoms with Gasteiger partial charge in [0.25, 0.3) is 0 Å². The van der Waals surface area contributed by atoms with Crippen molar-refractivity contribution in [2.24, 2.45) is 11.8 Å². The summed E-state index contributed by atoms with van der Waals surface area (Å²) in [6, 6.07) is 6.59. The van der Waals surface area contributed by atoms with Crippen molar-refractivity contribution in [1.82, 2.24) is 14.9 Å². The van der Waals surface area contributed by atoms with Crippen LogP contribution in [0.15, 0.2) is 24.5 Å². The van der Waals surface area contributed by atoms with Gasteiger partial charge in [-0.05, 0) is 57.6 Å². The van der Waals surface area contributed by atoms with Gasteiger partial charge in [0.05, 0.1) is 24.6 Å². The minimum atomic E-state index is -0.0350. The van der Waals surface area contributed by atoms with Crippen LogP contribution >= 0.6 is 0 Å². The van der Waals surface area contributed by atoms with E-state index in [9.17, 15) is 9.59 Å². The monoisotopic (exact) mass is 424 g/mol. The first-order valence-corrected chi connectivity index (χ1v) is 11.4. The van der Waals surface area contributed by atoms with Crippen LogP contribution in [-0.4, -0.2) is 58.9 Å². The van der Waals surface area contributed by atoms with E-state index in [1.807, 2.05) is 32.0 Å². The summed E-state index contributed by atoms with van der Waals surface area (Å²) in [6.07, 6.45) is 6.06. The summed E-state index contributed by atoms with van der Waals surface area (Å²) in [5, 5.41) is 4.16. The molecule has 0 unspecified atom stereocenters. The lowest BCUT2D eigenvalue weighted by Crippen LogP contribution is -2.53. The number of esters is 1. The van der Waals surface area contributed by atoms with Crippen LogP contribution in [0.2, 0.25) is 0 Å². The molecule has 2 heterocycles. The Labute approximate surface area is 183 Å². The highest BCUT2D eigenvalue weighted by molar-refractivity contribution is 5.91. The third-order valence-corrected chi connectivity index (χ3v) is 6.58. The van der Waals surface area contributed by atoms with Crippen LogP contribution in [0.5, 0.6) is 0 Å². The molecule has 0 radical (unpaired) electrons. The number of fused-ring (bicyclic) bond motifs is 1. The van der Waals surface area contributed by atoms with Crippen molar-refractivity contribution in [3.8, 4) is 0 Å². The molecule has 1 aliphatic heterocycles. The Morgan fingerprint density at radius 1 is 1.16 bits per heavy atom. The highest BCUT2D eigenvalue weighted by atomic mass is 16.5. The predicted molar refractivity (Wildman–Crippen MR) is 120 cm³/mol. The Morgan fingerprint density at radius 2 is 1.94 bits per heavy atom. The molecule has 1 saturated carbocycles. The molecule has 31 heavy (non-hydrogen) atoms. The number of hydrogen-bond acceptors (Lipinski definition) is 7. The lowest BCUT2D eigenvalue weighted by atomic mass is 9.82. The number of rotatable bonds is 8. The van der Waals surface area contributed by atoms with Crippen LogP contribution in [-0.2, 0) is 14.3 Å². The maximum absolute atomic E-state index is 12.5. The van der Waals surface area contributed by atoms with Gasteiger partial charge in [-0.15, -0.1) is 0 Å². The molecule has 2 aliphatic rings. The second-order valence-electron chi connectivity index (χ2n) is 8.92. The van der Waals surface area contributed by atoms with Gasteiger partial charge < -0.3 is 10.1 Å². The summed E-state index contributed by atoms with van der Waals surface area (Å²) < 4.78 is 5.16. The number of ether oxygens (including phenoxy) is 1. The topological polar surface area (TPSA) is 84.4 Å². The van der Waals surface area contributed by atoms with Gasteiger partial charge in [-0.1, -0.05) is 11.6 Å². The molecule has 1 aromatic carbocycles. The minimum Gasteiger partial charge on any atom is -0.466 e. The van der Waals surface area contributed by atoms with Crippen molar-refractivity contribution in [3.63, 3.8) is 0 Å². The molecule has 0 bridgehead atoms. The van der Waals surface area contributed by atoms with Crippen molar-refractivity contribution in [2.75, 3.05) is 31.6 Å². The molecule has 0 amide bonds. The van der Waals surface area contributed by atoms with Gasteiger partial charge in [-0.3, -0.25) is 14.5 Å². The Bertz CT molecular complexity index is 934. The van der Waals surface area contributed by atoms with Crippen LogP contribution < -0.4 is 5.32 Å². The molecule has 0 atom stereocenters. The molecule has 166 valence electrons. The number of ketones is 1. The molecule has 1 N–H and O–H groups in total. The van der Waals surface area contributed by atoms with E-state index >= 15 is 0 Å². The second kappa shape index (κ2) is 9.73. The Hall–Kier alpha value is -2.54. The van der Waals surface area contributed by atoms with Gasteiger partial charge in [0, 0.05) is 30.9 Å². The van der Waals surface area contributed by atoms with Gasteiger partial charge in [0.2, 0.25) is 0 Å². The molecule has 1 saturated heterocycles. The number of carbonyl (C=O) groups excluding carboxylic acids is 2. The third-order valence-electron chi connectivity index (χ3n) is 6.58. The van der Waals surface area contributed by atoms with Crippen molar-refractivity contribution in [1.29, 1.82) is 0 Å². The first-order chi connectivity index (χ1) is 15.0. The van der Waals surface area contributed by atoms with Gasteiger partial charge in [-0.2, -0.15) is 0 Å². The SMILES string of the molecule is CCOC(=O)C1CCC(N2CC(CC(=O)CNc3ncnc4ccc(C)cc34)C2)CC1. The van der Waals surface area contributed by atoms with Crippen molar-refractivity contribution < 1.29 is 14.3 Å². The van der Waals surface area contributed by atoms with E-state index in [0.717, 1.165) is 61.1 Å². The average Bonchev–Trinajstić information content (AvgIpc) is 2.75. The Kier molecular flexibility index (Phi) is 6.80. The maximum atomic E-state index is 12.5. The van der Waals surface area contributed by atoms with Gasteiger partial charge in [0.1, 0.15) is 12.1 Å². The highest BCUT2D eigenvalue weighted by Gasteiger charge is 2.36. The number of likely N-dealkylation sites (tertiary alicyclic amines) is 1. The zero-order chi connectivity index (χ0) is 21.8. The zero-order valence-corrected chi connectivity index (χ0v) is 18.5. The standard InChI is InChI=1S/C24H32N4O3/c1-3-31-24(30)18-5-7-19(8-6-18)28-13-17(14-28)11-20(29)12-25-23-21-10-16(2)4-9-22(21)26-15-27-23/h4,9-10,15,17-19H,3,5-8,11-14H2,1-2H3,(H,25,26,27). The molecular formula is C24H32N4O3. The molecule has 1 aliphatic carbocycles. The molecule has 7 heteroatoms. The summed E-state index contributed by atoms with van der Waals surface area (Å²) >= 11 is 0. The van der Waals surface area contributed by atoms with E-state index in [1.165, 1.54) is 6.33 Å². The molecule has 2 aromatic rings. The van der Waals surface area contributed by atoms with Gasteiger partial charge in [-0.25, -0.2) is 9.97 Å². The van der Waals surface area contributed by atoms with E-state index in [-0.39, 0.29) is 17.7 Å². The van der Waals surface area contributed by atoms with Gasteiger partial charge >= 0.3 is 5.97 Å². The number of hydrogen-bond donors (Lipinski definition) is 1. The van der Waals surface area contributed by atoms with Crippen LogP contribution in [0.4, 0.5) is 5.82 Å². The van der Waals surface area contributed by atoms with E-state index in [1.54, 1.807) is 0 Å². The molecule has 2 fully saturated rings. The van der Waals surface area contributed by atoms with E-state index in [4.69, 9.17) is 4.74 Å². The fourth-order valence-electron chi connectivity index (χ4n) is 4.86. The maximum Gasteiger partial charge on any atom is 0.308 e. The summed E-state index contributed by atoms with van der Waals surface area (Å²) in [4.78, 5) is 35.5. The number of benzene rings is 1. The largest absolute Gasteiger partial charge is 0.466 e. The number of nitrogens with zero attached hydrogens (tertiary/aromatic N) is 3.